The fourth-order valence-electron chi connectivity index (χ4n) is 1.63. The van der Waals surface area contributed by atoms with Crippen molar-refractivity contribution >= 4 is 5.84 Å². The third kappa shape index (κ3) is 3.39. The summed E-state index contributed by atoms with van der Waals surface area (Å²) in [6.07, 6.45) is 2.80. The van der Waals surface area contributed by atoms with Gasteiger partial charge in [0.05, 0.1) is 6.04 Å². The van der Waals surface area contributed by atoms with Gasteiger partial charge in [-0.15, -0.1) is 0 Å². The Labute approximate surface area is 96.8 Å². The van der Waals surface area contributed by atoms with E-state index in [9.17, 15) is 0 Å². The van der Waals surface area contributed by atoms with Crippen LogP contribution in [0.5, 0.6) is 0 Å². The summed E-state index contributed by atoms with van der Waals surface area (Å²) in [4.78, 5) is 4.48. The van der Waals surface area contributed by atoms with Gasteiger partial charge < -0.3 is 0 Å². The van der Waals surface area contributed by atoms with Crippen LogP contribution in [0, 0.1) is 18.4 Å². The minimum absolute atomic E-state index is 0.126. The molecule has 0 fully saturated rings. The van der Waals surface area contributed by atoms with E-state index in [0.29, 0.717) is 5.84 Å². The van der Waals surface area contributed by atoms with E-state index in [1.807, 2.05) is 19.2 Å². The van der Waals surface area contributed by atoms with E-state index in [1.54, 1.807) is 0 Å². The maximum absolute atomic E-state index is 8.50. The zero-order chi connectivity index (χ0) is 12.0. The summed E-state index contributed by atoms with van der Waals surface area (Å²) in [5.74, 6) is 0.663. The number of nitrogens with one attached hydrogen (secondary N) is 1. The molecule has 3 nitrogen and oxygen atoms in total. The Bertz CT molecular complexity index is 415. The molecule has 0 heterocycles. The number of aryl methyl sites for hydroxylation is 1. The molecule has 0 unspecified atom stereocenters. The Morgan fingerprint density at radius 2 is 2.31 bits per heavy atom. The van der Waals surface area contributed by atoms with Crippen molar-refractivity contribution in [2.75, 3.05) is 0 Å². The second kappa shape index (κ2) is 5.92. The van der Waals surface area contributed by atoms with Crippen LogP contribution in [-0.2, 0) is 0 Å². The Kier molecular flexibility index (Phi) is 4.53. The maximum atomic E-state index is 8.50. The minimum atomic E-state index is 0.126. The quantitative estimate of drug-likeness (QED) is 0.365. The number of nitrogens with zero attached hydrogens (tertiary/aromatic N) is 2. The van der Waals surface area contributed by atoms with E-state index in [-0.39, 0.29) is 6.04 Å². The monoisotopic (exact) mass is 215 g/mol. The third-order valence-corrected chi connectivity index (χ3v) is 2.40. The van der Waals surface area contributed by atoms with Crippen LogP contribution in [-0.4, -0.2) is 5.84 Å². The minimum Gasteiger partial charge on any atom is -0.281 e. The summed E-state index contributed by atoms with van der Waals surface area (Å²) in [5.41, 5.74) is 2.43. The lowest BCUT2D eigenvalue weighted by Crippen LogP contribution is -2.14. The van der Waals surface area contributed by atoms with Crippen LogP contribution >= 0.6 is 0 Å². The lowest BCUT2D eigenvalue weighted by Gasteiger charge is -2.12. The Morgan fingerprint density at radius 1 is 1.56 bits per heavy atom. The number of nitriles is 1. The normalized spacial score (nSPS) is 13.0. The van der Waals surface area contributed by atoms with Crippen molar-refractivity contribution in [2.45, 2.75) is 33.2 Å². The Hall–Kier alpha value is -1.82. The van der Waals surface area contributed by atoms with Gasteiger partial charge in [0.15, 0.2) is 6.19 Å². The highest BCUT2D eigenvalue weighted by Gasteiger charge is 2.07. The molecule has 1 rings (SSSR count). The average molecular weight is 215 g/mol. The molecule has 0 bridgehead atoms. The number of hydrogen-bond donors (Lipinski definition) is 1. The van der Waals surface area contributed by atoms with Crippen molar-refractivity contribution in [1.82, 2.24) is 5.32 Å². The number of rotatable bonds is 3. The second-order valence-corrected chi connectivity index (χ2v) is 3.79. The van der Waals surface area contributed by atoms with Crippen LogP contribution in [0.2, 0.25) is 0 Å². The van der Waals surface area contributed by atoms with Crippen molar-refractivity contribution in [2.24, 2.45) is 4.99 Å². The second-order valence-electron chi connectivity index (χ2n) is 3.79. The lowest BCUT2D eigenvalue weighted by atomic mass is 10.0. The fraction of sp³-hybridized carbons (Fsp3) is 0.385. The molecule has 0 spiro atoms. The van der Waals surface area contributed by atoms with Crippen LogP contribution < -0.4 is 5.32 Å². The number of hydrogen-bond acceptors (Lipinski definition) is 2. The molecule has 0 aliphatic carbocycles. The van der Waals surface area contributed by atoms with Crippen molar-refractivity contribution in [3.05, 3.63) is 35.4 Å². The molecular formula is C13H17N3. The van der Waals surface area contributed by atoms with E-state index in [1.165, 1.54) is 11.1 Å². The third-order valence-electron chi connectivity index (χ3n) is 2.40. The first kappa shape index (κ1) is 12.3. The number of benzene rings is 1. The molecule has 0 amide bonds. The summed E-state index contributed by atoms with van der Waals surface area (Å²) in [6.45, 7) is 5.97. The predicted octanol–water partition coefficient (Wildman–Crippen LogP) is 2.94. The first-order valence-corrected chi connectivity index (χ1v) is 5.43. The van der Waals surface area contributed by atoms with Gasteiger partial charge in [0.25, 0.3) is 0 Å². The molecule has 0 radical (unpaired) electrons. The van der Waals surface area contributed by atoms with Crippen molar-refractivity contribution in [3.8, 4) is 6.19 Å². The zero-order valence-electron chi connectivity index (χ0n) is 9.99. The van der Waals surface area contributed by atoms with Crippen LogP contribution in [0.4, 0.5) is 0 Å². The first-order valence-electron chi connectivity index (χ1n) is 5.43. The summed E-state index contributed by atoms with van der Waals surface area (Å²) in [6, 6.07) is 8.44. The molecule has 1 atom stereocenters. The first-order chi connectivity index (χ1) is 7.67. The molecule has 1 aromatic carbocycles. The predicted molar refractivity (Wildman–Crippen MR) is 66.1 cm³/mol. The van der Waals surface area contributed by atoms with Crippen LogP contribution in [0.3, 0.4) is 0 Å². The van der Waals surface area contributed by atoms with E-state index in [0.717, 1.165) is 6.42 Å². The van der Waals surface area contributed by atoms with Gasteiger partial charge in [-0.1, -0.05) is 36.8 Å². The SMILES string of the molecule is CC[C@H](N=C(C)NC#N)c1cccc(C)c1. The number of amidine groups is 1. The molecule has 16 heavy (non-hydrogen) atoms. The highest BCUT2D eigenvalue weighted by Crippen LogP contribution is 2.21. The maximum Gasteiger partial charge on any atom is 0.182 e. The molecule has 3 heteroatoms. The largest absolute Gasteiger partial charge is 0.281 e. The van der Waals surface area contributed by atoms with Crippen molar-refractivity contribution < 1.29 is 0 Å². The average Bonchev–Trinajstić information content (AvgIpc) is 2.26. The molecule has 0 saturated carbocycles. The summed E-state index contributed by atoms with van der Waals surface area (Å²) in [7, 11) is 0. The van der Waals surface area contributed by atoms with Gasteiger partial charge in [0, 0.05) is 0 Å². The van der Waals surface area contributed by atoms with Gasteiger partial charge >= 0.3 is 0 Å². The van der Waals surface area contributed by atoms with Crippen LogP contribution in [0.25, 0.3) is 0 Å². The molecule has 0 aromatic heterocycles. The van der Waals surface area contributed by atoms with Gasteiger partial charge in [0.2, 0.25) is 0 Å². The molecule has 0 aliphatic heterocycles. The van der Waals surface area contributed by atoms with Crippen LogP contribution in [0.1, 0.15) is 37.4 Å². The van der Waals surface area contributed by atoms with Gasteiger partial charge in [-0.25, -0.2) is 0 Å². The van der Waals surface area contributed by atoms with Gasteiger partial charge in [-0.3, -0.25) is 10.3 Å². The topological polar surface area (TPSA) is 48.2 Å². The van der Waals surface area contributed by atoms with Gasteiger partial charge in [0.1, 0.15) is 5.84 Å². The highest BCUT2D eigenvalue weighted by molar-refractivity contribution is 5.81. The molecule has 0 aliphatic rings. The molecule has 1 N–H and O–H groups in total. The number of aliphatic imine (C=N–C) groups is 1. The van der Waals surface area contributed by atoms with Crippen molar-refractivity contribution in [3.63, 3.8) is 0 Å². The standard InChI is InChI=1S/C13H17N3/c1-4-13(16-11(3)15-9-14)12-7-5-6-10(2)8-12/h5-8,13H,4H2,1-3H3,(H,15,16)/t13-/m0/s1. The molecule has 1 aromatic rings. The molecule has 0 saturated heterocycles. The van der Waals surface area contributed by atoms with E-state index >= 15 is 0 Å². The molecule has 84 valence electrons. The summed E-state index contributed by atoms with van der Waals surface area (Å²) >= 11 is 0. The van der Waals surface area contributed by atoms with Crippen LogP contribution in [0.15, 0.2) is 29.3 Å². The Balaban J connectivity index is 2.91. The molecular weight excluding hydrogens is 198 g/mol. The van der Waals surface area contributed by atoms with Gasteiger partial charge in [-0.2, -0.15) is 5.26 Å². The summed E-state index contributed by atoms with van der Waals surface area (Å²) in [5, 5.41) is 11.0. The van der Waals surface area contributed by atoms with E-state index < -0.39 is 0 Å². The van der Waals surface area contributed by atoms with E-state index in [4.69, 9.17) is 5.26 Å². The highest BCUT2D eigenvalue weighted by atomic mass is 15.0. The van der Waals surface area contributed by atoms with Gasteiger partial charge in [-0.05, 0) is 25.8 Å². The smallest absolute Gasteiger partial charge is 0.182 e. The fourth-order valence-corrected chi connectivity index (χ4v) is 1.63. The lowest BCUT2D eigenvalue weighted by molar-refractivity contribution is 0.697. The summed E-state index contributed by atoms with van der Waals surface area (Å²) < 4.78 is 0. The van der Waals surface area contributed by atoms with E-state index in [2.05, 4.69) is 42.4 Å². The zero-order valence-corrected chi connectivity index (χ0v) is 9.99. The Morgan fingerprint density at radius 3 is 2.88 bits per heavy atom. The van der Waals surface area contributed by atoms with Crippen molar-refractivity contribution in [1.29, 1.82) is 5.26 Å².